The fraction of sp³-hybridized carbons (Fsp3) is 0.286. The van der Waals surface area contributed by atoms with Gasteiger partial charge >= 0.3 is 0 Å². The molecule has 0 fully saturated rings. The molecule has 0 atom stereocenters. The molecular weight excluding hydrogens is 254 g/mol. The van der Waals surface area contributed by atoms with Gasteiger partial charge in [-0.2, -0.15) is 10.2 Å². The van der Waals surface area contributed by atoms with Gasteiger partial charge in [0, 0.05) is 23.5 Å². The Morgan fingerprint density at radius 1 is 1.35 bits per heavy atom. The number of hydrazone groups is 1. The fourth-order valence-electron chi connectivity index (χ4n) is 1.49. The molecular formula is C14H17N5O. The van der Waals surface area contributed by atoms with Crippen molar-refractivity contribution in [3.8, 4) is 0 Å². The number of carbonyl (C=O) groups is 1. The van der Waals surface area contributed by atoms with Gasteiger partial charge in [-0.05, 0) is 23.8 Å². The summed E-state index contributed by atoms with van der Waals surface area (Å²) in [5.74, 6) is -0.345. The van der Waals surface area contributed by atoms with Gasteiger partial charge in [0.1, 0.15) is 0 Å². The lowest BCUT2D eigenvalue weighted by molar-refractivity contribution is 0.0950. The van der Waals surface area contributed by atoms with Crippen LogP contribution in [0.4, 0.5) is 0 Å². The predicted octanol–water partition coefficient (Wildman–Crippen LogP) is 1.87. The van der Waals surface area contributed by atoms with Gasteiger partial charge in [-0.1, -0.05) is 20.8 Å². The molecule has 2 heterocycles. The number of H-pyrrole nitrogens is 1. The second-order valence-corrected chi connectivity index (χ2v) is 5.40. The lowest BCUT2D eigenvalue weighted by atomic mass is 9.92. The molecule has 0 spiro atoms. The van der Waals surface area contributed by atoms with E-state index in [2.05, 4.69) is 25.7 Å². The minimum Gasteiger partial charge on any atom is -0.281 e. The number of nitrogens with zero attached hydrogens (tertiary/aromatic N) is 3. The topological polar surface area (TPSA) is 83.0 Å². The number of rotatable bonds is 3. The zero-order valence-electron chi connectivity index (χ0n) is 11.7. The van der Waals surface area contributed by atoms with Gasteiger partial charge in [-0.3, -0.25) is 14.9 Å². The summed E-state index contributed by atoms with van der Waals surface area (Å²) < 4.78 is 0. The first-order valence-corrected chi connectivity index (χ1v) is 6.26. The highest BCUT2D eigenvalue weighted by atomic mass is 16.2. The van der Waals surface area contributed by atoms with Crippen LogP contribution in [0.5, 0.6) is 0 Å². The van der Waals surface area contributed by atoms with Crippen LogP contribution in [0.25, 0.3) is 0 Å². The van der Waals surface area contributed by atoms with Crippen molar-refractivity contribution in [3.05, 3.63) is 47.5 Å². The van der Waals surface area contributed by atoms with Crippen LogP contribution in [-0.4, -0.2) is 27.3 Å². The highest BCUT2D eigenvalue weighted by Gasteiger charge is 2.18. The normalized spacial score (nSPS) is 11.8. The average Bonchev–Trinajstić information content (AvgIpc) is 2.89. The molecule has 0 bridgehead atoms. The van der Waals surface area contributed by atoms with Crippen LogP contribution in [0.2, 0.25) is 0 Å². The van der Waals surface area contributed by atoms with Crippen LogP contribution in [0.15, 0.2) is 35.7 Å². The number of aromatic nitrogens is 3. The molecule has 6 nitrogen and oxygen atoms in total. The van der Waals surface area contributed by atoms with Crippen LogP contribution < -0.4 is 5.43 Å². The second-order valence-electron chi connectivity index (χ2n) is 5.40. The second kappa shape index (κ2) is 5.64. The van der Waals surface area contributed by atoms with Crippen molar-refractivity contribution in [1.29, 1.82) is 0 Å². The Bertz CT molecular complexity index is 610. The number of nitrogens with one attached hydrogen (secondary N) is 2. The van der Waals surface area contributed by atoms with Crippen molar-refractivity contribution >= 4 is 12.1 Å². The summed E-state index contributed by atoms with van der Waals surface area (Å²) in [6, 6.07) is 5.32. The third-order valence-electron chi connectivity index (χ3n) is 2.70. The maximum atomic E-state index is 11.9. The van der Waals surface area contributed by atoms with Crippen LogP contribution in [0, 0.1) is 0 Å². The average molecular weight is 271 g/mol. The molecule has 0 aliphatic rings. The van der Waals surface area contributed by atoms with E-state index in [4.69, 9.17) is 0 Å². The summed E-state index contributed by atoms with van der Waals surface area (Å²) in [6.07, 6.45) is 4.87. The van der Waals surface area contributed by atoms with E-state index < -0.39 is 0 Å². The maximum absolute atomic E-state index is 11.9. The van der Waals surface area contributed by atoms with E-state index in [1.54, 1.807) is 36.8 Å². The number of carbonyl (C=O) groups excluding carboxylic acids is 1. The van der Waals surface area contributed by atoms with Crippen molar-refractivity contribution in [2.75, 3.05) is 0 Å². The molecule has 0 saturated heterocycles. The zero-order valence-corrected chi connectivity index (χ0v) is 11.7. The molecule has 0 unspecified atom stereocenters. The van der Waals surface area contributed by atoms with Crippen LogP contribution in [-0.2, 0) is 5.41 Å². The summed E-state index contributed by atoms with van der Waals surface area (Å²) >= 11 is 0. The van der Waals surface area contributed by atoms with Gasteiger partial charge in [-0.15, -0.1) is 0 Å². The molecule has 2 aromatic heterocycles. The van der Waals surface area contributed by atoms with Crippen molar-refractivity contribution in [2.24, 2.45) is 5.10 Å². The van der Waals surface area contributed by atoms with Crippen molar-refractivity contribution in [1.82, 2.24) is 20.6 Å². The van der Waals surface area contributed by atoms with Crippen LogP contribution >= 0.6 is 0 Å². The van der Waals surface area contributed by atoms with E-state index in [0.29, 0.717) is 5.69 Å². The SMILES string of the molecule is CC(C)(C)c1cc(C(=O)N/N=C/c2ccncc2)n[nH]1. The van der Waals surface area contributed by atoms with E-state index >= 15 is 0 Å². The molecule has 20 heavy (non-hydrogen) atoms. The first-order chi connectivity index (χ1) is 9.47. The van der Waals surface area contributed by atoms with Gasteiger partial charge < -0.3 is 0 Å². The van der Waals surface area contributed by atoms with Crippen molar-refractivity contribution < 1.29 is 4.79 Å². The van der Waals surface area contributed by atoms with Gasteiger partial charge in [-0.25, -0.2) is 5.43 Å². The zero-order chi connectivity index (χ0) is 14.6. The molecule has 104 valence electrons. The molecule has 2 aromatic rings. The lowest BCUT2D eigenvalue weighted by Gasteiger charge is -2.14. The Kier molecular flexibility index (Phi) is 3.93. The summed E-state index contributed by atoms with van der Waals surface area (Å²) in [6.45, 7) is 6.14. The van der Waals surface area contributed by atoms with Crippen LogP contribution in [0.1, 0.15) is 42.5 Å². The minimum atomic E-state index is -0.345. The number of hydrogen-bond acceptors (Lipinski definition) is 4. The lowest BCUT2D eigenvalue weighted by Crippen LogP contribution is -2.18. The van der Waals surface area contributed by atoms with E-state index in [1.807, 2.05) is 20.8 Å². The molecule has 1 amide bonds. The molecule has 0 aromatic carbocycles. The summed E-state index contributed by atoms with van der Waals surface area (Å²) in [4.78, 5) is 15.8. The van der Waals surface area contributed by atoms with Gasteiger partial charge in [0.2, 0.25) is 0 Å². The highest BCUT2D eigenvalue weighted by molar-refractivity contribution is 5.93. The van der Waals surface area contributed by atoms with E-state index in [1.165, 1.54) is 0 Å². The molecule has 2 rings (SSSR count). The largest absolute Gasteiger partial charge is 0.291 e. The third-order valence-corrected chi connectivity index (χ3v) is 2.70. The molecule has 2 N–H and O–H groups in total. The number of pyridine rings is 1. The summed E-state index contributed by atoms with van der Waals surface area (Å²) in [5.41, 5.74) is 4.45. The van der Waals surface area contributed by atoms with Crippen LogP contribution in [0.3, 0.4) is 0 Å². The molecule has 0 aliphatic carbocycles. The van der Waals surface area contributed by atoms with Gasteiger partial charge in [0.25, 0.3) is 5.91 Å². The first kappa shape index (κ1) is 13.9. The highest BCUT2D eigenvalue weighted by Crippen LogP contribution is 2.20. The Labute approximate surface area is 117 Å². The molecule has 0 saturated carbocycles. The van der Waals surface area contributed by atoms with Gasteiger partial charge in [0.05, 0.1) is 6.21 Å². The Balaban J connectivity index is 1.99. The van der Waals surface area contributed by atoms with E-state index in [9.17, 15) is 4.79 Å². The predicted molar refractivity (Wildman–Crippen MR) is 76.6 cm³/mol. The van der Waals surface area contributed by atoms with E-state index in [-0.39, 0.29) is 11.3 Å². The molecule has 6 heteroatoms. The number of amides is 1. The Hall–Kier alpha value is -2.50. The Morgan fingerprint density at radius 3 is 2.65 bits per heavy atom. The Morgan fingerprint density at radius 2 is 2.05 bits per heavy atom. The fourth-order valence-corrected chi connectivity index (χ4v) is 1.49. The van der Waals surface area contributed by atoms with E-state index in [0.717, 1.165) is 11.3 Å². The summed E-state index contributed by atoms with van der Waals surface area (Å²) in [7, 11) is 0. The number of hydrogen-bond donors (Lipinski definition) is 2. The maximum Gasteiger partial charge on any atom is 0.291 e. The summed E-state index contributed by atoms with van der Waals surface area (Å²) in [5, 5.41) is 10.7. The smallest absolute Gasteiger partial charge is 0.281 e. The number of aromatic amines is 1. The monoisotopic (exact) mass is 271 g/mol. The molecule has 0 aliphatic heterocycles. The molecule has 0 radical (unpaired) electrons. The minimum absolute atomic E-state index is 0.0775. The van der Waals surface area contributed by atoms with Gasteiger partial charge in [0.15, 0.2) is 5.69 Å². The standard InChI is InChI=1S/C14H17N5O/c1-14(2,3)12-8-11(17-18-12)13(20)19-16-9-10-4-6-15-7-5-10/h4-9H,1-3H3,(H,17,18)(H,19,20)/b16-9+. The third kappa shape index (κ3) is 3.50. The quantitative estimate of drug-likeness (QED) is 0.660. The first-order valence-electron chi connectivity index (χ1n) is 6.26. The van der Waals surface area contributed by atoms with Crippen molar-refractivity contribution in [2.45, 2.75) is 26.2 Å². The van der Waals surface area contributed by atoms with Crippen molar-refractivity contribution in [3.63, 3.8) is 0 Å².